The van der Waals surface area contributed by atoms with Gasteiger partial charge in [0.1, 0.15) is 0 Å². The van der Waals surface area contributed by atoms with Crippen molar-refractivity contribution in [1.29, 1.82) is 0 Å². The summed E-state index contributed by atoms with van der Waals surface area (Å²) in [6, 6.07) is -0.184. The minimum atomic E-state index is -0.184. The first-order chi connectivity index (χ1) is 7.85. The van der Waals surface area contributed by atoms with Crippen LogP contribution in [-0.2, 0) is 4.79 Å². The van der Waals surface area contributed by atoms with Crippen LogP contribution in [0.4, 0.5) is 0 Å². The second kappa shape index (κ2) is 5.83. The number of hydrogen-bond acceptors (Lipinski definition) is 3. The molecule has 0 radical (unpaired) electrons. The molecule has 1 saturated heterocycles. The monoisotopic (exact) mass is 241 g/mol. The fourth-order valence-corrected chi connectivity index (χ4v) is 2.27. The number of nitrogens with one attached hydrogen (secondary N) is 3. The van der Waals surface area contributed by atoms with Gasteiger partial charge in [-0.05, 0) is 30.6 Å². The molecule has 0 aromatic rings. The Balaban J connectivity index is 2.75. The third-order valence-corrected chi connectivity index (χ3v) is 4.04. The standard InChI is InChI=1S/C13H27N3O/c1-9(2)13(5)6-10(3)7-15-16-11(4)12(17)14-8-13/h9-11,15-16H,6-8H2,1-5H3,(H,14,17). The van der Waals surface area contributed by atoms with Crippen LogP contribution in [0.2, 0.25) is 0 Å². The Morgan fingerprint density at radius 3 is 2.59 bits per heavy atom. The highest BCUT2D eigenvalue weighted by molar-refractivity contribution is 5.81. The molecule has 3 atom stereocenters. The Bertz CT molecular complexity index is 267. The van der Waals surface area contributed by atoms with Crippen LogP contribution in [0.15, 0.2) is 0 Å². The lowest BCUT2D eigenvalue weighted by Crippen LogP contribution is -2.53. The molecule has 0 aromatic heterocycles. The van der Waals surface area contributed by atoms with E-state index in [4.69, 9.17) is 0 Å². The maximum absolute atomic E-state index is 11.8. The number of carbonyl (C=O) groups excluding carboxylic acids is 1. The summed E-state index contributed by atoms with van der Waals surface area (Å²) in [6.45, 7) is 12.5. The van der Waals surface area contributed by atoms with Crippen LogP contribution in [0, 0.1) is 17.3 Å². The molecule has 1 rings (SSSR count). The molecular formula is C13H27N3O. The fourth-order valence-electron chi connectivity index (χ4n) is 2.27. The number of amides is 1. The molecule has 0 aromatic carbocycles. The van der Waals surface area contributed by atoms with Gasteiger partial charge in [0.15, 0.2) is 0 Å². The minimum Gasteiger partial charge on any atom is -0.354 e. The zero-order chi connectivity index (χ0) is 13.1. The minimum absolute atomic E-state index is 0.0685. The van der Waals surface area contributed by atoms with Gasteiger partial charge in [-0.3, -0.25) is 10.2 Å². The van der Waals surface area contributed by atoms with E-state index in [1.54, 1.807) is 0 Å². The first kappa shape index (κ1) is 14.5. The quantitative estimate of drug-likeness (QED) is 0.648. The van der Waals surface area contributed by atoms with Crippen molar-refractivity contribution < 1.29 is 4.79 Å². The first-order valence-electron chi connectivity index (χ1n) is 6.61. The van der Waals surface area contributed by atoms with Gasteiger partial charge < -0.3 is 5.32 Å². The summed E-state index contributed by atoms with van der Waals surface area (Å²) in [5.74, 6) is 1.23. The van der Waals surface area contributed by atoms with Crippen LogP contribution >= 0.6 is 0 Å². The summed E-state index contributed by atoms with van der Waals surface area (Å²) < 4.78 is 0. The van der Waals surface area contributed by atoms with Crippen molar-refractivity contribution in [2.24, 2.45) is 17.3 Å². The molecular weight excluding hydrogens is 214 g/mol. The van der Waals surface area contributed by atoms with Crippen LogP contribution in [0.1, 0.15) is 41.0 Å². The number of hydrogen-bond donors (Lipinski definition) is 3. The van der Waals surface area contributed by atoms with E-state index in [-0.39, 0.29) is 17.4 Å². The summed E-state index contributed by atoms with van der Waals surface area (Å²) in [6.07, 6.45) is 1.12. The number of hydrazine groups is 1. The Kier molecular flexibility index (Phi) is 4.95. The summed E-state index contributed by atoms with van der Waals surface area (Å²) in [5.41, 5.74) is 6.35. The molecule has 3 N–H and O–H groups in total. The van der Waals surface area contributed by atoms with Crippen LogP contribution in [-0.4, -0.2) is 25.0 Å². The zero-order valence-electron chi connectivity index (χ0n) is 11.8. The Labute approximate surface area is 105 Å². The molecule has 1 aliphatic rings. The van der Waals surface area contributed by atoms with Gasteiger partial charge in [-0.2, -0.15) is 0 Å². The Morgan fingerprint density at radius 2 is 2.00 bits per heavy atom. The van der Waals surface area contributed by atoms with E-state index in [9.17, 15) is 4.79 Å². The molecule has 100 valence electrons. The summed E-state index contributed by atoms with van der Waals surface area (Å²) >= 11 is 0. The van der Waals surface area contributed by atoms with Crippen molar-refractivity contribution in [2.75, 3.05) is 13.1 Å². The lowest BCUT2D eigenvalue weighted by Gasteiger charge is -2.37. The molecule has 0 spiro atoms. The Morgan fingerprint density at radius 1 is 1.35 bits per heavy atom. The molecule has 4 heteroatoms. The maximum Gasteiger partial charge on any atom is 0.238 e. The van der Waals surface area contributed by atoms with Gasteiger partial charge >= 0.3 is 0 Å². The van der Waals surface area contributed by atoms with Gasteiger partial charge in [-0.1, -0.05) is 27.7 Å². The van der Waals surface area contributed by atoms with Crippen molar-refractivity contribution in [2.45, 2.75) is 47.1 Å². The van der Waals surface area contributed by atoms with Gasteiger partial charge in [0, 0.05) is 13.1 Å². The van der Waals surface area contributed by atoms with Crippen LogP contribution in [0.5, 0.6) is 0 Å². The van der Waals surface area contributed by atoms with Gasteiger partial charge in [0.25, 0.3) is 0 Å². The molecule has 17 heavy (non-hydrogen) atoms. The molecule has 1 fully saturated rings. The summed E-state index contributed by atoms with van der Waals surface area (Å²) in [7, 11) is 0. The molecule has 1 heterocycles. The van der Waals surface area contributed by atoms with E-state index in [2.05, 4.69) is 43.9 Å². The van der Waals surface area contributed by atoms with Gasteiger partial charge in [0.2, 0.25) is 5.91 Å². The third-order valence-electron chi connectivity index (χ3n) is 4.04. The van der Waals surface area contributed by atoms with Crippen molar-refractivity contribution in [3.05, 3.63) is 0 Å². The predicted octanol–water partition coefficient (Wildman–Crippen LogP) is 1.29. The van der Waals surface area contributed by atoms with Crippen molar-refractivity contribution >= 4 is 5.91 Å². The molecule has 1 amide bonds. The van der Waals surface area contributed by atoms with E-state index in [0.29, 0.717) is 11.8 Å². The lowest BCUT2D eigenvalue weighted by molar-refractivity contribution is -0.124. The molecule has 0 bridgehead atoms. The molecule has 0 aliphatic carbocycles. The van der Waals surface area contributed by atoms with Gasteiger partial charge in [-0.25, -0.2) is 5.43 Å². The average Bonchev–Trinajstić information content (AvgIpc) is 2.24. The SMILES string of the molecule is CC1CNNC(C)C(=O)NCC(C)(C(C)C)C1. The van der Waals surface area contributed by atoms with Crippen molar-refractivity contribution in [3.63, 3.8) is 0 Å². The molecule has 4 nitrogen and oxygen atoms in total. The number of rotatable bonds is 1. The molecule has 3 unspecified atom stereocenters. The highest BCUT2D eigenvalue weighted by Crippen LogP contribution is 2.33. The summed E-state index contributed by atoms with van der Waals surface area (Å²) in [5, 5.41) is 3.05. The van der Waals surface area contributed by atoms with Crippen molar-refractivity contribution in [3.8, 4) is 0 Å². The van der Waals surface area contributed by atoms with Crippen LogP contribution < -0.4 is 16.2 Å². The van der Waals surface area contributed by atoms with E-state index in [1.807, 2.05) is 6.92 Å². The van der Waals surface area contributed by atoms with Crippen LogP contribution in [0.25, 0.3) is 0 Å². The van der Waals surface area contributed by atoms with Gasteiger partial charge in [-0.15, -0.1) is 0 Å². The smallest absolute Gasteiger partial charge is 0.238 e. The third kappa shape index (κ3) is 3.96. The maximum atomic E-state index is 11.8. The highest BCUT2D eigenvalue weighted by Gasteiger charge is 2.31. The normalized spacial score (nSPS) is 36.7. The highest BCUT2D eigenvalue weighted by atomic mass is 16.2. The van der Waals surface area contributed by atoms with E-state index < -0.39 is 0 Å². The van der Waals surface area contributed by atoms with E-state index >= 15 is 0 Å². The zero-order valence-corrected chi connectivity index (χ0v) is 11.8. The summed E-state index contributed by atoms with van der Waals surface area (Å²) in [4.78, 5) is 11.8. The average molecular weight is 241 g/mol. The van der Waals surface area contributed by atoms with Crippen molar-refractivity contribution in [1.82, 2.24) is 16.2 Å². The topological polar surface area (TPSA) is 53.2 Å². The van der Waals surface area contributed by atoms with Crippen LogP contribution in [0.3, 0.4) is 0 Å². The molecule has 0 saturated carbocycles. The fraction of sp³-hybridized carbons (Fsp3) is 0.923. The molecule has 1 aliphatic heterocycles. The van der Waals surface area contributed by atoms with Gasteiger partial charge in [0.05, 0.1) is 6.04 Å². The first-order valence-corrected chi connectivity index (χ1v) is 6.61. The largest absolute Gasteiger partial charge is 0.354 e. The second-order valence-electron chi connectivity index (χ2n) is 6.08. The number of carbonyl (C=O) groups is 1. The second-order valence-corrected chi connectivity index (χ2v) is 6.08. The van der Waals surface area contributed by atoms with E-state index in [1.165, 1.54) is 0 Å². The predicted molar refractivity (Wildman–Crippen MR) is 70.3 cm³/mol. The lowest BCUT2D eigenvalue weighted by atomic mass is 9.73. The Hall–Kier alpha value is -0.610. The van der Waals surface area contributed by atoms with E-state index in [0.717, 1.165) is 19.5 Å².